The molecular formula is C44H44N2S2. The third-order valence-corrected chi connectivity index (χ3v) is 11.0. The summed E-state index contributed by atoms with van der Waals surface area (Å²) in [4.78, 5) is 7.43. The Morgan fingerprint density at radius 1 is 0.312 bits per heavy atom. The van der Waals surface area contributed by atoms with Gasteiger partial charge in [0.15, 0.2) is 0 Å². The zero-order valence-corrected chi connectivity index (χ0v) is 30.0. The lowest BCUT2D eigenvalue weighted by atomic mass is 10.1. The number of hydrogen-bond acceptors (Lipinski definition) is 4. The molecule has 0 saturated heterocycles. The Morgan fingerprint density at radius 2 is 0.542 bits per heavy atom. The number of hydrogen-bond donors (Lipinski definition) is 0. The average molecular weight is 665 g/mol. The summed E-state index contributed by atoms with van der Waals surface area (Å²) in [6.45, 7) is 12.0. The van der Waals surface area contributed by atoms with Crippen molar-refractivity contribution in [1.29, 1.82) is 0 Å². The molecule has 0 fully saturated rings. The van der Waals surface area contributed by atoms with Crippen LogP contribution in [0.5, 0.6) is 0 Å². The summed E-state index contributed by atoms with van der Waals surface area (Å²) >= 11 is 0. The molecule has 242 valence electrons. The van der Waals surface area contributed by atoms with Gasteiger partial charge in [0.2, 0.25) is 0 Å². The fraction of sp³-hybridized carbons (Fsp3) is 0.182. The van der Waals surface area contributed by atoms with Gasteiger partial charge in [-0.25, -0.2) is 0 Å². The second-order valence-corrected chi connectivity index (χ2v) is 15.1. The zero-order valence-electron chi connectivity index (χ0n) is 28.4. The summed E-state index contributed by atoms with van der Waals surface area (Å²) in [5, 5.41) is 0. The van der Waals surface area contributed by atoms with Crippen molar-refractivity contribution in [3.05, 3.63) is 190 Å². The van der Waals surface area contributed by atoms with Crippen LogP contribution in [0.15, 0.2) is 155 Å². The lowest BCUT2D eigenvalue weighted by molar-refractivity contribution is 0.799. The van der Waals surface area contributed by atoms with Gasteiger partial charge >= 0.3 is 0 Å². The van der Waals surface area contributed by atoms with Crippen molar-refractivity contribution in [2.45, 2.75) is 63.7 Å². The van der Waals surface area contributed by atoms with E-state index in [1.165, 1.54) is 65.7 Å². The van der Waals surface area contributed by atoms with E-state index in [4.69, 9.17) is 0 Å². The highest BCUT2D eigenvalue weighted by Gasteiger charge is 2.12. The van der Waals surface area contributed by atoms with Crippen molar-refractivity contribution in [3.8, 4) is 0 Å². The molecule has 0 spiro atoms. The molecule has 4 heteroatoms. The molecule has 0 saturated carbocycles. The predicted molar refractivity (Wildman–Crippen MR) is 209 cm³/mol. The molecule has 0 aliphatic rings. The molecule has 0 aliphatic heterocycles. The van der Waals surface area contributed by atoms with E-state index in [1.54, 1.807) is 0 Å². The molecule has 0 aliphatic carbocycles. The first-order valence-electron chi connectivity index (χ1n) is 16.6. The molecule has 0 unspecified atom stereocenters. The van der Waals surface area contributed by atoms with Gasteiger partial charge in [0.25, 0.3) is 0 Å². The molecule has 0 N–H and O–H groups in total. The molecule has 0 amide bonds. The van der Waals surface area contributed by atoms with Crippen LogP contribution < -0.4 is 9.80 Å². The first-order valence-corrected chi connectivity index (χ1v) is 18.8. The van der Waals surface area contributed by atoms with Crippen molar-refractivity contribution in [1.82, 2.24) is 0 Å². The highest BCUT2D eigenvalue weighted by Crippen LogP contribution is 2.39. The summed E-state index contributed by atoms with van der Waals surface area (Å²) in [5.41, 5.74) is 12.9. The van der Waals surface area contributed by atoms with Crippen molar-refractivity contribution < 1.29 is 0 Å². The highest BCUT2D eigenvalue weighted by molar-refractivity contribution is 8.76. The summed E-state index contributed by atoms with van der Waals surface area (Å²) < 4.78 is 0. The van der Waals surface area contributed by atoms with Crippen molar-refractivity contribution >= 4 is 33.0 Å². The van der Waals surface area contributed by atoms with Gasteiger partial charge in [-0.05, 0) is 98.5 Å². The van der Waals surface area contributed by atoms with Crippen LogP contribution >= 0.6 is 21.6 Å². The summed E-state index contributed by atoms with van der Waals surface area (Å²) in [5.74, 6) is 0. The number of anilines is 2. The standard InChI is InChI=1S/C44H44N2S2/c1-33-5-13-37(14-6-33)29-45(30-38-15-7-34(2)8-16-38)41-21-25-43(26-22-41)47-48-44-27-23-42(24-28-44)46(31-39-17-9-35(3)10-18-39)32-40-19-11-36(4)12-20-40/h5-28H,29-32H2,1-4H3. The van der Waals surface area contributed by atoms with Gasteiger partial charge in [-0.1, -0.05) is 141 Å². The SMILES string of the molecule is Cc1ccc(CN(Cc2ccc(C)cc2)c2ccc(SSc3ccc(N(Cc4ccc(C)cc4)Cc4ccc(C)cc4)cc3)cc2)cc1. The number of aryl methyl sites for hydroxylation is 4. The van der Waals surface area contributed by atoms with E-state index in [-0.39, 0.29) is 0 Å². The molecule has 0 radical (unpaired) electrons. The van der Waals surface area contributed by atoms with E-state index in [2.05, 4.69) is 183 Å². The second kappa shape index (κ2) is 16.1. The summed E-state index contributed by atoms with van der Waals surface area (Å²) in [6.07, 6.45) is 0. The molecule has 6 aromatic rings. The van der Waals surface area contributed by atoms with Crippen LogP contribution in [0.3, 0.4) is 0 Å². The fourth-order valence-corrected chi connectivity index (χ4v) is 7.58. The molecule has 6 aromatic carbocycles. The maximum atomic E-state index is 2.47. The monoisotopic (exact) mass is 664 g/mol. The Kier molecular flexibility index (Phi) is 11.3. The van der Waals surface area contributed by atoms with Gasteiger partial charge in [-0.3, -0.25) is 0 Å². The largest absolute Gasteiger partial charge is 0.363 e. The quantitative estimate of drug-likeness (QED) is 0.113. The molecule has 6 rings (SSSR count). The third kappa shape index (κ3) is 9.59. The molecule has 0 heterocycles. The van der Waals surface area contributed by atoms with Gasteiger partial charge in [0, 0.05) is 47.3 Å². The van der Waals surface area contributed by atoms with Crippen LogP contribution in [0.4, 0.5) is 11.4 Å². The van der Waals surface area contributed by atoms with Crippen LogP contribution in [-0.4, -0.2) is 0 Å². The number of nitrogens with zero attached hydrogens (tertiary/aromatic N) is 2. The fourth-order valence-electron chi connectivity index (χ4n) is 5.65. The van der Waals surface area contributed by atoms with Crippen LogP contribution in [-0.2, 0) is 26.2 Å². The molecule has 0 atom stereocenters. The molecule has 2 nitrogen and oxygen atoms in total. The number of rotatable bonds is 13. The first-order chi connectivity index (χ1) is 23.4. The Labute approximate surface area is 295 Å². The van der Waals surface area contributed by atoms with Crippen LogP contribution in [0, 0.1) is 27.7 Å². The Morgan fingerprint density at radius 3 is 0.771 bits per heavy atom. The maximum absolute atomic E-state index is 2.47. The van der Waals surface area contributed by atoms with Gasteiger partial charge < -0.3 is 9.80 Å². The smallest absolute Gasteiger partial charge is 0.0433 e. The van der Waals surface area contributed by atoms with Crippen LogP contribution in [0.2, 0.25) is 0 Å². The van der Waals surface area contributed by atoms with Crippen LogP contribution in [0.1, 0.15) is 44.5 Å². The van der Waals surface area contributed by atoms with Gasteiger partial charge in [-0.2, -0.15) is 0 Å². The third-order valence-electron chi connectivity index (χ3n) is 8.61. The first kappa shape index (κ1) is 33.5. The van der Waals surface area contributed by atoms with Crippen LogP contribution in [0.25, 0.3) is 0 Å². The minimum Gasteiger partial charge on any atom is -0.363 e. The molecule has 48 heavy (non-hydrogen) atoms. The van der Waals surface area contributed by atoms with Crippen molar-refractivity contribution in [3.63, 3.8) is 0 Å². The highest BCUT2D eigenvalue weighted by atomic mass is 33.1. The second-order valence-electron chi connectivity index (χ2n) is 12.8. The van der Waals surface area contributed by atoms with Gasteiger partial charge in [0.05, 0.1) is 0 Å². The average Bonchev–Trinajstić information content (AvgIpc) is 3.11. The summed E-state index contributed by atoms with van der Waals surface area (Å²) in [6, 6.07) is 53.7. The Hall–Kier alpha value is -4.38. The van der Waals surface area contributed by atoms with E-state index in [1.807, 2.05) is 21.6 Å². The summed E-state index contributed by atoms with van der Waals surface area (Å²) in [7, 11) is 3.62. The van der Waals surface area contributed by atoms with E-state index in [9.17, 15) is 0 Å². The molecule has 0 aromatic heterocycles. The Bertz CT molecular complexity index is 1630. The Balaban J connectivity index is 1.12. The number of benzene rings is 6. The normalized spacial score (nSPS) is 11.0. The zero-order chi connectivity index (χ0) is 33.3. The topological polar surface area (TPSA) is 6.48 Å². The van der Waals surface area contributed by atoms with Gasteiger partial charge in [-0.15, -0.1) is 0 Å². The van der Waals surface area contributed by atoms with Crippen molar-refractivity contribution in [2.24, 2.45) is 0 Å². The van der Waals surface area contributed by atoms with Gasteiger partial charge in [0.1, 0.15) is 0 Å². The minimum atomic E-state index is 0.868. The molecular weight excluding hydrogens is 621 g/mol. The lowest BCUT2D eigenvalue weighted by Gasteiger charge is -2.26. The van der Waals surface area contributed by atoms with E-state index < -0.39 is 0 Å². The lowest BCUT2D eigenvalue weighted by Crippen LogP contribution is -2.22. The maximum Gasteiger partial charge on any atom is 0.0433 e. The minimum absolute atomic E-state index is 0.868. The van der Waals surface area contributed by atoms with E-state index in [0.29, 0.717) is 0 Å². The van der Waals surface area contributed by atoms with Crippen molar-refractivity contribution in [2.75, 3.05) is 9.80 Å². The predicted octanol–water partition coefficient (Wildman–Crippen LogP) is 12.1. The van der Waals surface area contributed by atoms with E-state index in [0.717, 1.165) is 26.2 Å². The molecule has 0 bridgehead atoms. The van der Waals surface area contributed by atoms with E-state index >= 15 is 0 Å².